The molecule has 0 aliphatic heterocycles. The highest BCUT2D eigenvalue weighted by atomic mass is 16.2. The predicted octanol–water partition coefficient (Wildman–Crippen LogP) is 4.24. The van der Waals surface area contributed by atoms with Gasteiger partial charge >= 0.3 is 0 Å². The summed E-state index contributed by atoms with van der Waals surface area (Å²) < 4.78 is 0. The van der Waals surface area contributed by atoms with Gasteiger partial charge in [-0.3, -0.25) is 9.59 Å². The lowest BCUT2D eigenvalue weighted by Crippen LogP contribution is -2.33. The molecule has 2 aromatic carbocycles. The van der Waals surface area contributed by atoms with Gasteiger partial charge in [-0.05, 0) is 62.9 Å². The van der Waals surface area contributed by atoms with Gasteiger partial charge in [0, 0.05) is 17.9 Å². The zero-order valence-corrected chi connectivity index (χ0v) is 15.9. The topological polar surface area (TPSA) is 49.4 Å². The first kappa shape index (κ1) is 18.2. The molecule has 136 valence electrons. The first-order chi connectivity index (χ1) is 12.4. The fourth-order valence-corrected chi connectivity index (χ4v) is 3.45. The second kappa shape index (κ2) is 7.32. The van der Waals surface area contributed by atoms with Crippen LogP contribution in [0.15, 0.2) is 42.5 Å². The first-order valence-corrected chi connectivity index (χ1v) is 9.17. The third-order valence-corrected chi connectivity index (χ3v) is 5.07. The van der Waals surface area contributed by atoms with Gasteiger partial charge in [0.05, 0.1) is 11.8 Å². The Morgan fingerprint density at radius 1 is 1.04 bits per heavy atom. The van der Waals surface area contributed by atoms with Gasteiger partial charge in [0.1, 0.15) is 0 Å². The molecule has 0 bridgehead atoms. The molecule has 2 atom stereocenters. The largest absolute Gasteiger partial charge is 0.325 e. The average Bonchev–Trinajstić information content (AvgIpc) is 3.40. The van der Waals surface area contributed by atoms with E-state index in [9.17, 15) is 9.59 Å². The molecule has 0 aromatic heterocycles. The summed E-state index contributed by atoms with van der Waals surface area (Å²) in [6.07, 6.45) is 0.623. The van der Waals surface area contributed by atoms with Crippen LogP contribution < -0.4 is 10.2 Å². The Labute approximate surface area is 155 Å². The molecule has 0 spiro atoms. The van der Waals surface area contributed by atoms with Gasteiger partial charge in [-0.1, -0.05) is 30.3 Å². The number of aryl methyl sites for hydroxylation is 3. The molecule has 3 rings (SSSR count). The van der Waals surface area contributed by atoms with Crippen molar-refractivity contribution >= 4 is 23.2 Å². The van der Waals surface area contributed by atoms with Crippen molar-refractivity contribution in [3.05, 3.63) is 59.2 Å². The number of amides is 2. The summed E-state index contributed by atoms with van der Waals surface area (Å²) >= 11 is 0. The Hall–Kier alpha value is -2.62. The second-order valence-electron chi connectivity index (χ2n) is 7.13. The standard InChI is InChI=1S/C22H26N2O2/c1-5-24(17-11-6-8-14(2)12-17)22(26)19-13-18(19)21(25)23-20-15(3)9-7-10-16(20)4/h6-12,18-19H,5,13H2,1-4H3,(H,23,25). The number of carbonyl (C=O) groups is 2. The van der Waals surface area contributed by atoms with E-state index >= 15 is 0 Å². The zero-order chi connectivity index (χ0) is 18.8. The Kier molecular flexibility index (Phi) is 5.12. The third kappa shape index (κ3) is 3.64. The number of nitrogens with one attached hydrogen (secondary N) is 1. The monoisotopic (exact) mass is 350 g/mol. The number of carbonyl (C=O) groups excluding carboxylic acids is 2. The lowest BCUT2D eigenvalue weighted by Gasteiger charge is -2.21. The number of nitrogens with zero attached hydrogens (tertiary/aromatic N) is 1. The van der Waals surface area contributed by atoms with Crippen LogP contribution in [0.3, 0.4) is 0 Å². The summed E-state index contributed by atoms with van der Waals surface area (Å²) in [6.45, 7) is 8.54. The molecular formula is C22H26N2O2. The maximum absolute atomic E-state index is 12.9. The fraction of sp³-hybridized carbons (Fsp3) is 0.364. The third-order valence-electron chi connectivity index (χ3n) is 5.07. The molecule has 2 amide bonds. The molecule has 1 aliphatic rings. The lowest BCUT2D eigenvalue weighted by molar-refractivity contribution is -0.123. The average molecular weight is 350 g/mol. The Balaban J connectivity index is 1.69. The van der Waals surface area contributed by atoms with Crippen LogP contribution in [-0.4, -0.2) is 18.4 Å². The van der Waals surface area contributed by atoms with Gasteiger partial charge in [0.25, 0.3) is 0 Å². The number of hydrogen-bond donors (Lipinski definition) is 1. The summed E-state index contributed by atoms with van der Waals surface area (Å²) in [5.74, 6) is -0.471. The van der Waals surface area contributed by atoms with Crippen LogP contribution in [0, 0.1) is 32.6 Å². The number of hydrogen-bond acceptors (Lipinski definition) is 2. The molecule has 4 heteroatoms. The summed E-state index contributed by atoms with van der Waals surface area (Å²) in [5.41, 5.74) is 4.96. The minimum absolute atomic E-state index is 0.0414. The SMILES string of the molecule is CCN(C(=O)C1CC1C(=O)Nc1c(C)cccc1C)c1cccc(C)c1. The van der Waals surface area contributed by atoms with E-state index < -0.39 is 0 Å². The Morgan fingerprint density at radius 2 is 1.69 bits per heavy atom. The van der Waals surface area contributed by atoms with Crippen molar-refractivity contribution in [1.82, 2.24) is 0 Å². The number of benzene rings is 2. The van der Waals surface area contributed by atoms with E-state index in [0.29, 0.717) is 13.0 Å². The maximum atomic E-state index is 12.9. The van der Waals surface area contributed by atoms with E-state index in [1.807, 2.05) is 70.2 Å². The molecule has 2 unspecified atom stereocenters. The Bertz CT molecular complexity index is 824. The minimum atomic E-state index is -0.236. The summed E-state index contributed by atoms with van der Waals surface area (Å²) in [6, 6.07) is 13.9. The molecule has 0 radical (unpaired) electrons. The molecular weight excluding hydrogens is 324 g/mol. The molecule has 26 heavy (non-hydrogen) atoms. The van der Waals surface area contributed by atoms with Gasteiger partial charge in [-0.2, -0.15) is 0 Å². The van der Waals surface area contributed by atoms with E-state index in [2.05, 4.69) is 5.32 Å². The Morgan fingerprint density at radius 3 is 2.31 bits per heavy atom. The quantitative estimate of drug-likeness (QED) is 0.877. The van der Waals surface area contributed by atoms with Crippen molar-refractivity contribution in [3.63, 3.8) is 0 Å². The minimum Gasteiger partial charge on any atom is -0.325 e. The van der Waals surface area contributed by atoms with E-state index in [1.165, 1.54) is 0 Å². The molecule has 4 nitrogen and oxygen atoms in total. The van der Waals surface area contributed by atoms with Gasteiger partial charge in [-0.15, -0.1) is 0 Å². The van der Waals surface area contributed by atoms with Gasteiger partial charge < -0.3 is 10.2 Å². The van der Waals surface area contributed by atoms with Crippen molar-refractivity contribution in [3.8, 4) is 0 Å². The summed E-state index contributed by atoms with van der Waals surface area (Å²) in [4.78, 5) is 27.3. The van der Waals surface area contributed by atoms with Crippen molar-refractivity contribution in [1.29, 1.82) is 0 Å². The van der Waals surface area contributed by atoms with Crippen LogP contribution in [0.2, 0.25) is 0 Å². The summed E-state index contributed by atoms with van der Waals surface area (Å²) in [5, 5.41) is 3.02. The van der Waals surface area contributed by atoms with Gasteiger partial charge in [-0.25, -0.2) is 0 Å². The molecule has 1 N–H and O–H groups in total. The molecule has 0 saturated heterocycles. The van der Waals surface area contributed by atoms with Crippen LogP contribution in [-0.2, 0) is 9.59 Å². The number of anilines is 2. The van der Waals surface area contributed by atoms with Gasteiger partial charge in [0.15, 0.2) is 0 Å². The van der Waals surface area contributed by atoms with Crippen LogP contribution in [0.25, 0.3) is 0 Å². The van der Waals surface area contributed by atoms with Crippen molar-refractivity contribution < 1.29 is 9.59 Å². The van der Waals surface area contributed by atoms with E-state index in [1.54, 1.807) is 4.90 Å². The number of rotatable bonds is 5. The highest BCUT2D eigenvalue weighted by Crippen LogP contribution is 2.42. The molecule has 1 fully saturated rings. The molecule has 0 heterocycles. The lowest BCUT2D eigenvalue weighted by atomic mass is 10.1. The maximum Gasteiger partial charge on any atom is 0.230 e. The number of para-hydroxylation sites is 1. The highest BCUT2D eigenvalue weighted by molar-refractivity contribution is 6.04. The van der Waals surface area contributed by atoms with Gasteiger partial charge in [0.2, 0.25) is 11.8 Å². The van der Waals surface area contributed by atoms with Crippen molar-refractivity contribution in [2.75, 3.05) is 16.8 Å². The van der Waals surface area contributed by atoms with E-state index in [-0.39, 0.29) is 23.7 Å². The predicted molar refractivity (Wildman–Crippen MR) is 105 cm³/mol. The molecule has 2 aromatic rings. The van der Waals surface area contributed by atoms with E-state index in [0.717, 1.165) is 28.1 Å². The highest BCUT2D eigenvalue weighted by Gasteiger charge is 2.49. The fourth-order valence-electron chi connectivity index (χ4n) is 3.45. The van der Waals surface area contributed by atoms with Crippen LogP contribution in [0.4, 0.5) is 11.4 Å². The van der Waals surface area contributed by atoms with Crippen LogP contribution in [0.5, 0.6) is 0 Å². The second-order valence-corrected chi connectivity index (χ2v) is 7.13. The zero-order valence-electron chi connectivity index (χ0n) is 15.9. The van der Waals surface area contributed by atoms with Crippen LogP contribution in [0.1, 0.15) is 30.0 Å². The van der Waals surface area contributed by atoms with Crippen molar-refractivity contribution in [2.24, 2.45) is 11.8 Å². The van der Waals surface area contributed by atoms with Crippen molar-refractivity contribution in [2.45, 2.75) is 34.1 Å². The molecule has 1 aliphatic carbocycles. The van der Waals surface area contributed by atoms with Crippen LogP contribution >= 0.6 is 0 Å². The normalized spacial score (nSPS) is 18.3. The summed E-state index contributed by atoms with van der Waals surface area (Å²) in [7, 11) is 0. The smallest absolute Gasteiger partial charge is 0.230 e. The molecule has 1 saturated carbocycles. The first-order valence-electron chi connectivity index (χ1n) is 9.17. The van der Waals surface area contributed by atoms with E-state index in [4.69, 9.17) is 0 Å².